The van der Waals surface area contributed by atoms with Gasteiger partial charge in [-0.05, 0) is 28.8 Å². The number of rotatable bonds is 9. The second-order valence-electron chi connectivity index (χ2n) is 8.23. The number of hydrogen-bond donors (Lipinski definition) is 3. The molecule has 0 radical (unpaired) electrons. The van der Waals surface area contributed by atoms with Crippen molar-refractivity contribution in [2.75, 3.05) is 0 Å². The minimum Gasteiger partial charge on any atom is -0.348 e. The van der Waals surface area contributed by atoms with Gasteiger partial charge in [0.2, 0.25) is 0 Å². The fraction of sp³-hybridized carbons (Fsp3) is 0.100. The first-order chi connectivity index (χ1) is 17.6. The van der Waals surface area contributed by atoms with Gasteiger partial charge in [0.05, 0.1) is 16.7 Å². The van der Waals surface area contributed by atoms with Crippen molar-refractivity contribution in [3.8, 4) is 0 Å². The molecule has 180 valence electrons. The predicted octanol–water partition coefficient (Wildman–Crippen LogP) is 4.48. The third kappa shape index (κ3) is 6.45. The number of carbonyl (C=O) groups is 3. The molecule has 6 heteroatoms. The normalized spacial score (nSPS) is 10.3. The highest BCUT2D eigenvalue weighted by Crippen LogP contribution is 2.17. The van der Waals surface area contributed by atoms with E-state index in [1.807, 2.05) is 91.0 Å². The minimum absolute atomic E-state index is 0.0459. The van der Waals surface area contributed by atoms with Crippen molar-refractivity contribution in [1.29, 1.82) is 0 Å². The third-order valence-electron chi connectivity index (χ3n) is 5.67. The summed E-state index contributed by atoms with van der Waals surface area (Å²) in [4.78, 5) is 39.6. The van der Waals surface area contributed by atoms with E-state index in [1.54, 1.807) is 18.2 Å². The lowest BCUT2D eigenvalue weighted by molar-refractivity contribution is 0.0902. The van der Waals surface area contributed by atoms with Crippen LogP contribution < -0.4 is 16.0 Å². The third-order valence-corrected chi connectivity index (χ3v) is 5.67. The van der Waals surface area contributed by atoms with Gasteiger partial charge < -0.3 is 16.0 Å². The van der Waals surface area contributed by atoms with Crippen LogP contribution in [-0.4, -0.2) is 17.7 Å². The van der Waals surface area contributed by atoms with Gasteiger partial charge >= 0.3 is 0 Å². The van der Waals surface area contributed by atoms with Crippen molar-refractivity contribution in [2.45, 2.75) is 19.6 Å². The van der Waals surface area contributed by atoms with Crippen LogP contribution in [0.1, 0.15) is 47.8 Å². The average Bonchev–Trinajstić information content (AvgIpc) is 2.94. The summed E-state index contributed by atoms with van der Waals surface area (Å²) in [6, 6.07) is 33.2. The maximum atomic E-state index is 13.3. The lowest BCUT2D eigenvalue weighted by atomic mass is 9.98. The molecule has 0 atom stereocenters. The van der Waals surface area contributed by atoms with Crippen LogP contribution in [-0.2, 0) is 19.6 Å². The number of amides is 3. The molecule has 0 aromatic heterocycles. The molecule has 0 aliphatic heterocycles. The first-order valence-corrected chi connectivity index (χ1v) is 11.7. The predicted molar refractivity (Wildman–Crippen MR) is 139 cm³/mol. The number of hydrogen-bond acceptors (Lipinski definition) is 3. The Morgan fingerprint density at radius 3 is 1.11 bits per heavy atom. The molecule has 0 saturated carbocycles. The summed E-state index contributed by atoms with van der Waals surface area (Å²) in [5.74, 6) is -1.35. The molecule has 36 heavy (non-hydrogen) atoms. The van der Waals surface area contributed by atoms with E-state index in [9.17, 15) is 14.4 Å². The van der Waals surface area contributed by atoms with Gasteiger partial charge in [-0.1, -0.05) is 97.1 Å². The van der Waals surface area contributed by atoms with Gasteiger partial charge in [0, 0.05) is 19.6 Å². The zero-order chi connectivity index (χ0) is 25.2. The molecule has 0 spiro atoms. The first-order valence-electron chi connectivity index (χ1n) is 11.7. The average molecular weight is 478 g/mol. The molecule has 4 aromatic carbocycles. The summed E-state index contributed by atoms with van der Waals surface area (Å²) < 4.78 is 0. The summed E-state index contributed by atoms with van der Waals surface area (Å²) in [6.07, 6.45) is 0. The van der Waals surface area contributed by atoms with Crippen LogP contribution in [0.5, 0.6) is 0 Å². The van der Waals surface area contributed by atoms with Crippen LogP contribution in [0, 0.1) is 0 Å². The minimum atomic E-state index is -0.492. The molecule has 0 unspecified atom stereocenters. The van der Waals surface area contributed by atoms with E-state index in [0.717, 1.165) is 16.7 Å². The summed E-state index contributed by atoms with van der Waals surface area (Å²) in [5.41, 5.74) is 3.10. The number of benzene rings is 4. The van der Waals surface area contributed by atoms with Crippen molar-refractivity contribution in [3.05, 3.63) is 143 Å². The van der Waals surface area contributed by atoms with E-state index in [0.29, 0.717) is 13.1 Å². The molecule has 0 aliphatic carbocycles. The van der Waals surface area contributed by atoms with Gasteiger partial charge in [-0.2, -0.15) is 0 Å². The molecule has 0 heterocycles. The topological polar surface area (TPSA) is 87.3 Å². The van der Waals surface area contributed by atoms with E-state index in [-0.39, 0.29) is 23.2 Å². The smallest absolute Gasteiger partial charge is 0.253 e. The Bertz CT molecular complexity index is 1250. The van der Waals surface area contributed by atoms with E-state index < -0.39 is 17.7 Å². The van der Waals surface area contributed by atoms with Gasteiger partial charge in [0.1, 0.15) is 0 Å². The quantitative estimate of drug-likeness (QED) is 0.332. The summed E-state index contributed by atoms with van der Waals surface area (Å²) in [7, 11) is 0. The largest absolute Gasteiger partial charge is 0.348 e. The Labute approximate surface area is 210 Å². The Morgan fingerprint density at radius 2 is 0.750 bits per heavy atom. The molecule has 0 aliphatic rings. The Hall–Kier alpha value is -4.71. The highest BCUT2D eigenvalue weighted by Gasteiger charge is 2.24. The molecule has 0 saturated heterocycles. The summed E-state index contributed by atoms with van der Waals surface area (Å²) in [5, 5.41) is 8.57. The highest BCUT2D eigenvalue weighted by molar-refractivity contribution is 6.14. The molecule has 0 bridgehead atoms. The standard InChI is InChI=1S/C30H27N3O3/c34-28(31-19-22-11-4-1-5-12-22)25-17-10-18-26(29(35)32-20-23-13-6-2-7-14-23)27(25)30(36)33-21-24-15-8-3-9-16-24/h1-18H,19-21H2,(H,31,34)(H,32,35)(H,33,36). The number of nitrogens with one attached hydrogen (secondary N) is 3. The first kappa shape index (κ1) is 24.4. The van der Waals surface area contributed by atoms with Crippen LogP contribution in [0.25, 0.3) is 0 Å². The van der Waals surface area contributed by atoms with Crippen LogP contribution in [0.3, 0.4) is 0 Å². The highest BCUT2D eigenvalue weighted by atomic mass is 16.2. The number of carbonyl (C=O) groups excluding carboxylic acids is 3. The lowest BCUT2D eigenvalue weighted by Crippen LogP contribution is -2.33. The zero-order valence-corrected chi connectivity index (χ0v) is 19.7. The Kier molecular flexibility index (Phi) is 8.22. The maximum absolute atomic E-state index is 13.3. The SMILES string of the molecule is O=C(NCc1ccccc1)c1cccc(C(=O)NCc2ccccc2)c1C(=O)NCc1ccccc1. The van der Waals surface area contributed by atoms with E-state index >= 15 is 0 Å². The van der Waals surface area contributed by atoms with E-state index in [1.165, 1.54) is 0 Å². The summed E-state index contributed by atoms with van der Waals surface area (Å²) >= 11 is 0. The molecule has 4 aromatic rings. The molecular weight excluding hydrogens is 450 g/mol. The molecule has 3 N–H and O–H groups in total. The van der Waals surface area contributed by atoms with Gasteiger partial charge in [-0.3, -0.25) is 14.4 Å². The molecular formula is C30H27N3O3. The van der Waals surface area contributed by atoms with Crippen molar-refractivity contribution in [2.24, 2.45) is 0 Å². The second kappa shape index (κ2) is 12.1. The molecule has 3 amide bonds. The van der Waals surface area contributed by atoms with Crippen LogP contribution in [0.15, 0.2) is 109 Å². The molecule has 4 rings (SSSR count). The van der Waals surface area contributed by atoms with Gasteiger partial charge in [0.25, 0.3) is 17.7 Å². The van der Waals surface area contributed by atoms with Crippen molar-refractivity contribution in [1.82, 2.24) is 16.0 Å². The summed E-state index contributed by atoms with van der Waals surface area (Å²) in [6.45, 7) is 0.870. The van der Waals surface area contributed by atoms with Crippen LogP contribution >= 0.6 is 0 Å². The van der Waals surface area contributed by atoms with Crippen LogP contribution in [0.4, 0.5) is 0 Å². The fourth-order valence-electron chi connectivity index (χ4n) is 3.79. The molecule has 6 nitrogen and oxygen atoms in total. The van der Waals surface area contributed by atoms with E-state index in [4.69, 9.17) is 0 Å². The lowest BCUT2D eigenvalue weighted by Gasteiger charge is -2.15. The van der Waals surface area contributed by atoms with Gasteiger partial charge in [-0.15, -0.1) is 0 Å². The monoisotopic (exact) mass is 477 g/mol. The van der Waals surface area contributed by atoms with Crippen molar-refractivity contribution >= 4 is 17.7 Å². The maximum Gasteiger partial charge on any atom is 0.253 e. The van der Waals surface area contributed by atoms with Crippen molar-refractivity contribution < 1.29 is 14.4 Å². The van der Waals surface area contributed by atoms with Crippen LogP contribution in [0.2, 0.25) is 0 Å². The second-order valence-corrected chi connectivity index (χ2v) is 8.23. The van der Waals surface area contributed by atoms with E-state index in [2.05, 4.69) is 16.0 Å². The molecule has 0 fully saturated rings. The Morgan fingerprint density at radius 1 is 0.417 bits per heavy atom. The Balaban J connectivity index is 1.58. The van der Waals surface area contributed by atoms with Crippen molar-refractivity contribution in [3.63, 3.8) is 0 Å². The van der Waals surface area contributed by atoms with Gasteiger partial charge in [0.15, 0.2) is 0 Å². The zero-order valence-electron chi connectivity index (χ0n) is 19.7. The fourth-order valence-corrected chi connectivity index (χ4v) is 3.79. The van der Waals surface area contributed by atoms with Gasteiger partial charge in [-0.25, -0.2) is 0 Å².